The highest BCUT2D eigenvalue weighted by atomic mass is 19.2. The molecule has 1 saturated heterocycles. The van der Waals surface area contributed by atoms with E-state index in [1.807, 2.05) is 36.4 Å². The van der Waals surface area contributed by atoms with Crippen molar-refractivity contribution in [3.05, 3.63) is 71.6 Å². The fraction of sp³-hybridized carbons (Fsp3) is 0.423. The van der Waals surface area contributed by atoms with E-state index in [1.165, 1.54) is 19.2 Å². The molecule has 3 unspecified atom stereocenters. The van der Waals surface area contributed by atoms with Gasteiger partial charge in [-0.25, -0.2) is 9.18 Å². The van der Waals surface area contributed by atoms with Crippen LogP contribution in [0, 0.1) is 5.41 Å². The van der Waals surface area contributed by atoms with Crippen molar-refractivity contribution in [1.82, 2.24) is 15.4 Å². The summed E-state index contributed by atoms with van der Waals surface area (Å²) in [4.78, 5) is 25.8. The molecule has 1 aliphatic heterocycles. The predicted molar refractivity (Wildman–Crippen MR) is 125 cm³/mol. The summed E-state index contributed by atoms with van der Waals surface area (Å²) in [6, 6.07) is 11.3. The first kappa shape index (κ1) is 23.3. The Balaban J connectivity index is 1.14. The lowest BCUT2D eigenvalue weighted by molar-refractivity contribution is -0.213. The van der Waals surface area contributed by atoms with Crippen LogP contribution >= 0.6 is 0 Å². The van der Waals surface area contributed by atoms with Crippen LogP contribution in [0.2, 0.25) is 0 Å². The second-order valence-electron chi connectivity index (χ2n) is 9.34. The van der Waals surface area contributed by atoms with Crippen molar-refractivity contribution in [3.8, 4) is 0 Å². The highest BCUT2D eigenvalue weighted by Gasteiger charge is 2.55. The van der Waals surface area contributed by atoms with Crippen molar-refractivity contribution in [1.29, 1.82) is 0 Å². The number of nitrogens with one attached hydrogen (secondary N) is 1. The number of nitrogens with zero attached hydrogens (tertiary/aromatic N) is 2. The number of carbonyl (C=O) groups is 2. The zero-order chi connectivity index (χ0) is 24.5. The molecule has 2 aromatic rings. The Morgan fingerprint density at radius 2 is 2.11 bits per heavy atom. The smallest absolute Gasteiger partial charge is 0.410 e. The molecule has 1 N–H and O–H groups in total. The van der Waals surface area contributed by atoms with Gasteiger partial charge in [-0.3, -0.25) is 4.79 Å². The van der Waals surface area contributed by atoms with E-state index >= 15 is 4.39 Å². The van der Waals surface area contributed by atoms with Gasteiger partial charge in [-0.15, -0.1) is 0 Å². The van der Waals surface area contributed by atoms with E-state index in [4.69, 9.17) is 14.0 Å². The summed E-state index contributed by atoms with van der Waals surface area (Å²) in [7, 11) is 1.49. The molecule has 3 atom stereocenters. The number of amides is 2. The average Bonchev–Trinajstić information content (AvgIpc) is 3.55. The summed E-state index contributed by atoms with van der Waals surface area (Å²) < 4.78 is 31.9. The van der Waals surface area contributed by atoms with Crippen molar-refractivity contribution in [3.63, 3.8) is 0 Å². The molecule has 0 bridgehead atoms. The highest BCUT2D eigenvalue weighted by molar-refractivity contribution is 5.91. The lowest BCUT2D eigenvalue weighted by Crippen LogP contribution is -2.52. The van der Waals surface area contributed by atoms with Crippen LogP contribution in [0.3, 0.4) is 0 Å². The van der Waals surface area contributed by atoms with E-state index in [0.717, 1.165) is 30.4 Å². The summed E-state index contributed by atoms with van der Waals surface area (Å²) >= 11 is 0. The Labute approximate surface area is 202 Å². The van der Waals surface area contributed by atoms with Crippen molar-refractivity contribution < 1.29 is 28.0 Å². The number of benzene rings is 1. The number of hydrogen-bond donors (Lipinski definition) is 1. The second kappa shape index (κ2) is 9.30. The number of likely N-dealkylation sites (tertiary alicyclic amines) is 1. The first-order chi connectivity index (χ1) is 16.9. The van der Waals surface area contributed by atoms with E-state index in [0.29, 0.717) is 13.1 Å². The molecular formula is C26H28FN3O5. The number of ether oxygens (including phenoxy) is 2. The Morgan fingerprint density at radius 3 is 2.80 bits per heavy atom. The van der Waals surface area contributed by atoms with Gasteiger partial charge in [0.2, 0.25) is 5.85 Å². The second-order valence-corrected chi connectivity index (χ2v) is 9.34. The normalized spacial score (nSPS) is 27.4. The largest absolute Gasteiger partial charge is 0.441 e. The van der Waals surface area contributed by atoms with E-state index in [2.05, 4.69) is 10.5 Å². The third kappa shape index (κ3) is 4.73. The topological polar surface area (TPSA) is 93.9 Å². The standard InChI is InChI=1S/C26H28FN3O5/c1-28-23(31)21-15-20(35-29-21)16-33-24(32)30-14-13-25(17-30)10-9-22(25)34-26(27)11-7-19(8-12-26)18-5-3-2-4-6-18/h2-8,11,15,22H,9-10,12-14,16-17H2,1H3,(H,28,31). The Kier molecular flexibility index (Phi) is 6.19. The molecule has 8 nitrogen and oxygen atoms in total. The lowest BCUT2D eigenvalue weighted by atomic mass is 9.65. The lowest BCUT2D eigenvalue weighted by Gasteiger charge is -2.48. The third-order valence-corrected chi connectivity index (χ3v) is 7.14. The molecule has 3 aliphatic rings. The van der Waals surface area contributed by atoms with Gasteiger partial charge in [-0.1, -0.05) is 47.6 Å². The molecule has 2 heterocycles. The van der Waals surface area contributed by atoms with Gasteiger partial charge in [-0.05, 0) is 36.5 Å². The minimum atomic E-state index is -1.85. The number of carbonyl (C=O) groups excluding carboxylic acids is 2. The molecule has 2 aliphatic carbocycles. The minimum Gasteiger partial charge on any atom is -0.441 e. The van der Waals surface area contributed by atoms with Crippen LogP contribution in [0.5, 0.6) is 0 Å². The van der Waals surface area contributed by atoms with Crippen molar-refractivity contribution in [2.45, 2.75) is 44.2 Å². The summed E-state index contributed by atoms with van der Waals surface area (Å²) in [6.45, 7) is 0.855. The van der Waals surface area contributed by atoms with Gasteiger partial charge in [0.1, 0.15) is 0 Å². The Hall–Kier alpha value is -3.46. The summed E-state index contributed by atoms with van der Waals surface area (Å²) in [6.07, 6.45) is 6.95. The molecule has 5 rings (SSSR count). The first-order valence-electron chi connectivity index (χ1n) is 11.8. The summed E-state index contributed by atoms with van der Waals surface area (Å²) in [5.41, 5.74) is 1.89. The zero-order valence-electron chi connectivity index (χ0n) is 19.5. The summed E-state index contributed by atoms with van der Waals surface area (Å²) in [5, 5.41) is 6.10. The van der Waals surface area contributed by atoms with Gasteiger partial charge in [-0.2, -0.15) is 0 Å². The van der Waals surface area contributed by atoms with Crippen LogP contribution in [0.25, 0.3) is 5.57 Å². The molecule has 184 valence electrons. The maximum Gasteiger partial charge on any atom is 0.410 e. The first-order valence-corrected chi connectivity index (χ1v) is 11.8. The summed E-state index contributed by atoms with van der Waals surface area (Å²) in [5.74, 6) is -1.95. The van der Waals surface area contributed by atoms with Crippen LogP contribution in [0.1, 0.15) is 47.5 Å². The number of alkyl halides is 1. The molecular weight excluding hydrogens is 453 g/mol. The van der Waals surface area contributed by atoms with Crippen LogP contribution in [-0.4, -0.2) is 54.2 Å². The van der Waals surface area contributed by atoms with E-state index < -0.39 is 11.9 Å². The number of halogens is 1. The molecule has 2 fully saturated rings. The van der Waals surface area contributed by atoms with Crippen LogP contribution < -0.4 is 5.32 Å². The SMILES string of the molecule is CNC(=O)c1cc(COC(=O)N2CCC3(CCC3OC3(F)C=CC(c4ccccc4)=CC3)C2)on1. The van der Waals surface area contributed by atoms with Gasteiger partial charge in [0.15, 0.2) is 18.1 Å². The maximum absolute atomic E-state index is 15.5. The fourth-order valence-corrected chi connectivity index (χ4v) is 4.98. The molecule has 0 radical (unpaired) electrons. The van der Waals surface area contributed by atoms with Crippen LogP contribution in [-0.2, 0) is 16.1 Å². The number of aromatic nitrogens is 1. The van der Waals surface area contributed by atoms with E-state index in [-0.39, 0.29) is 41.9 Å². The van der Waals surface area contributed by atoms with Crippen LogP contribution in [0.15, 0.2) is 59.1 Å². The van der Waals surface area contributed by atoms with Gasteiger partial charge >= 0.3 is 6.09 Å². The predicted octanol–water partition coefficient (Wildman–Crippen LogP) is 4.25. The highest BCUT2D eigenvalue weighted by Crippen LogP contribution is 2.52. The van der Waals surface area contributed by atoms with Crippen molar-refractivity contribution in [2.75, 3.05) is 20.1 Å². The number of rotatable bonds is 6. The van der Waals surface area contributed by atoms with Gasteiger partial charge in [0, 0.05) is 38.0 Å². The zero-order valence-corrected chi connectivity index (χ0v) is 19.5. The van der Waals surface area contributed by atoms with Crippen molar-refractivity contribution >= 4 is 17.6 Å². The Bertz CT molecular complexity index is 1160. The molecule has 1 saturated carbocycles. The monoisotopic (exact) mass is 481 g/mol. The van der Waals surface area contributed by atoms with E-state index in [9.17, 15) is 9.59 Å². The minimum absolute atomic E-state index is 0.121. The molecule has 1 spiro atoms. The number of hydrogen-bond acceptors (Lipinski definition) is 6. The molecule has 1 aromatic carbocycles. The molecule has 2 amide bonds. The molecule has 35 heavy (non-hydrogen) atoms. The van der Waals surface area contributed by atoms with Gasteiger partial charge in [0.25, 0.3) is 5.91 Å². The third-order valence-electron chi connectivity index (χ3n) is 7.14. The molecule has 9 heteroatoms. The quantitative estimate of drug-likeness (QED) is 0.663. The van der Waals surface area contributed by atoms with Gasteiger partial charge in [0.05, 0.1) is 6.10 Å². The Morgan fingerprint density at radius 1 is 1.29 bits per heavy atom. The molecule has 1 aromatic heterocycles. The van der Waals surface area contributed by atoms with Crippen LogP contribution in [0.4, 0.5) is 9.18 Å². The fourth-order valence-electron chi connectivity index (χ4n) is 4.98. The van der Waals surface area contributed by atoms with Crippen molar-refractivity contribution in [2.24, 2.45) is 5.41 Å². The average molecular weight is 482 g/mol. The number of allylic oxidation sites excluding steroid dienone is 2. The maximum atomic E-state index is 15.5. The van der Waals surface area contributed by atoms with Gasteiger partial charge < -0.3 is 24.2 Å². The van der Waals surface area contributed by atoms with E-state index in [1.54, 1.807) is 11.0 Å².